The zero-order chi connectivity index (χ0) is 12.1. The monoisotopic (exact) mass is 299 g/mol. The fourth-order valence-corrected chi connectivity index (χ4v) is 2.14. The van der Waals surface area contributed by atoms with Gasteiger partial charge in [0.2, 0.25) is 5.91 Å². The normalized spacial score (nSPS) is 23.3. The zero-order valence-electron chi connectivity index (χ0n) is 11.8. The predicted molar refractivity (Wildman–Crippen MR) is 80.9 cm³/mol. The Kier molecular flexibility index (Phi) is 11.1. The predicted octanol–water partition coefficient (Wildman–Crippen LogP) is 1.38. The van der Waals surface area contributed by atoms with Crippen LogP contribution in [0.1, 0.15) is 27.7 Å². The van der Waals surface area contributed by atoms with Crippen LogP contribution in [0.15, 0.2) is 0 Å². The largest absolute Gasteiger partial charge is 0.336 e. The molecule has 2 atom stereocenters. The van der Waals surface area contributed by atoms with Gasteiger partial charge in [-0.2, -0.15) is 0 Å². The van der Waals surface area contributed by atoms with Gasteiger partial charge in [-0.15, -0.1) is 24.8 Å². The van der Waals surface area contributed by atoms with Crippen LogP contribution in [0.3, 0.4) is 0 Å². The molecule has 0 aromatic heterocycles. The van der Waals surface area contributed by atoms with E-state index in [0.717, 1.165) is 26.2 Å². The van der Waals surface area contributed by atoms with Gasteiger partial charge in [-0.25, -0.2) is 0 Å². The van der Waals surface area contributed by atoms with Gasteiger partial charge < -0.3 is 10.2 Å². The number of hydrogen-bond acceptors (Lipinski definition) is 3. The molecule has 6 heteroatoms. The van der Waals surface area contributed by atoms with Crippen LogP contribution >= 0.6 is 24.8 Å². The van der Waals surface area contributed by atoms with E-state index in [1.165, 1.54) is 0 Å². The van der Waals surface area contributed by atoms with Gasteiger partial charge in [0, 0.05) is 25.2 Å². The minimum Gasteiger partial charge on any atom is -0.336 e. The number of halogens is 2. The van der Waals surface area contributed by atoms with Crippen LogP contribution in [0, 0.1) is 0 Å². The fourth-order valence-electron chi connectivity index (χ4n) is 2.14. The lowest BCUT2D eigenvalue weighted by Crippen LogP contribution is -2.58. The highest BCUT2D eigenvalue weighted by atomic mass is 35.5. The Hall–Kier alpha value is -0.0300. The first-order valence-corrected chi connectivity index (χ1v) is 6.35. The standard InChI is InChI=1S/C12H25N3O.2ClH/c1-5-14(6-2)9-12(16)15-8-7-13-10(3)11(15)4;;/h10-11,13H,5-9H2,1-4H3;2*1H. The van der Waals surface area contributed by atoms with Gasteiger partial charge in [0.1, 0.15) is 0 Å². The molecule has 0 aliphatic carbocycles. The molecule has 1 aliphatic heterocycles. The molecule has 1 amide bonds. The van der Waals surface area contributed by atoms with Crippen molar-refractivity contribution in [2.24, 2.45) is 0 Å². The van der Waals surface area contributed by atoms with E-state index >= 15 is 0 Å². The van der Waals surface area contributed by atoms with Crippen molar-refractivity contribution in [1.29, 1.82) is 0 Å². The van der Waals surface area contributed by atoms with Crippen LogP contribution in [-0.4, -0.2) is 60.5 Å². The van der Waals surface area contributed by atoms with Crippen molar-refractivity contribution >= 4 is 30.7 Å². The van der Waals surface area contributed by atoms with E-state index < -0.39 is 0 Å². The van der Waals surface area contributed by atoms with E-state index in [4.69, 9.17) is 0 Å². The van der Waals surface area contributed by atoms with Crippen LogP contribution < -0.4 is 5.32 Å². The lowest BCUT2D eigenvalue weighted by atomic mass is 10.1. The molecule has 0 aromatic carbocycles. The second-order valence-corrected chi connectivity index (χ2v) is 4.53. The number of carbonyl (C=O) groups is 1. The van der Waals surface area contributed by atoms with Crippen molar-refractivity contribution in [3.8, 4) is 0 Å². The third kappa shape index (κ3) is 5.31. The fraction of sp³-hybridized carbons (Fsp3) is 0.917. The summed E-state index contributed by atoms with van der Waals surface area (Å²) in [5, 5.41) is 3.39. The Morgan fingerprint density at radius 1 is 1.28 bits per heavy atom. The first-order chi connectivity index (χ1) is 7.60. The molecule has 4 nitrogen and oxygen atoms in total. The smallest absolute Gasteiger partial charge is 0.237 e. The van der Waals surface area contributed by atoms with Gasteiger partial charge in [0.15, 0.2) is 0 Å². The highest BCUT2D eigenvalue weighted by molar-refractivity contribution is 5.85. The summed E-state index contributed by atoms with van der Waals surface area (Å²) in [6.45, 7) is 12.7. The van der Waals surface area contributed by atoms with Crippen LogP contribution in [0.25, 0.3) is 0 Å². The summed E-state index contributed by atoms with van der Waals surface area (Å²) in [6.07, 6.45) is 0. The van der Waals surface area contributed by atoms with Crippen LogP contribution in [0.2, 0.25) is 0 Å². The third-order valence-corrected chi connectivity index (χ3v) is 3.61. The SMILES string of the molecule is CCN(CC)CC(=O)N1CCNC(C)C1C.Cl.Cl. The first kappa shape index (κ1) is 20.3. The summed E-state index contributed by atoms with van der Waals surface area (Å²) < 4.78 is 0. The van der Waals surface area contributed by atoms with E-state index in [0.29, 0.717) is 18.6 Å². The molecule has 1 rings (SSSR count). The number of amides is 1. The molecule has 1 fully saturated rings. The topological polar surface area (TPSA) is 35.6 Å². The van der Waals surface area contributed by atoms with Gasteiger partial charge in [-0.1, -0.05) is 13.8 Å². The average Bonchev–Trinajstić information content (AvgIpc) is 2.29. The molecule has 0 aromatic rings. The molecule has 2 unspecified atom stereocenters. The summed E-state index contributed by atoms with van der Waals surface area (Å²) in [5.74, 6) is 0.268. The van der Waals surface area contributed by atoms with Crippen molar-refractivity contribution in [1.82, 2.24) is 15.1 Å². The molecule has 110 valence electrons. The Balaban J connectivity index is 0. The molecule has 1 aliphatic rings. The van der Waals surface area contributed by atoms with E-state index in [9.17, 15) is 4.79 Å². The van der Waals surface area contributed by atoms with E-state index in [1.807, 2.05) is 4.90 Å². The van der Waals surface area contributed by atoms with Crippen LogP contribution in [-0.2, 0) is 4.79 Å². The number of nitrogens with zero attached hydrogens (tertiary/aromatic N) is 2. The van der Waals surface area contributed by atoms with Gasteiger partial charge in [-0.3, -0.25) is 9.69 Å². The number of rotatable bonds is 4. The van der Waals surface area contributed by atoms with E-state index in [1.54, 1.807) is 0 Å². The maximum atomic E-state index is 12.1. The first-order valence-electron chi connectivity index (χ1n) is 6.35. The van der Waals surface area contributed by atoms with Crippen LogP contribution in [0.5, 0.6) is 0 Å². The lowest BCUT2D eigenvalue weighted by molar-refractivity contribution is -0.136. The second-order valence-electron chi connectivity index (χ2n) is 4.53. The average molecular weight is 300 g/mol. The molecule has 1 saturated heterocycles. The minimum atomic E-state index is 0. The second kappa shape index (κ2) is 9.84. The Bertz CT molecular complexity index is 237. The molecular weight excluding hydrogens is 273 g/mol. The molecule has 18 heavy (non-hydrogen) atoms. The summed E-state index contributed by atoms with van der Waals surface area (Å²) in [4.78, 5) is 16.3. The summed E-state index contributed by atoms with van der Waals surface area (Å²) in [5.41, 5.74) is 0. The van der Waals surface area contributed by atoms with Crippen molar-refractivity contribution in [2.75, 3.05) is 32.7 Å². The van der Waals surface area contributed by atoms with Crippen molar-refractivity contribution in [3.63, 3.8) is 0 Å². The van der Waals surface area contributed by atoms with Gasteiger partial charge in [0.05, 0.1) is 6.54 Å². The number of hydrogen-bond donors (Lipinski definition) is 1. The quantitative estimate of drug-likeness (QED) is 0.852. The number of carbonyl (C=O) groups excluding carboxylic acids is 1. The molecule has 0 bridgehead atoms. The van der Waals surface area contributed by atoms with Crippen molar-refractivity contribution < 1.29 is 4.79 Å². The molecule has 0 spiro atoms. The maximum absolute atomic E-state index is 12.1. The highest BCUT2D eigenvalue weighted by Gasteiger charge is 2.28. The molecule has 1 heterocycles. The number of piperazine rings is 1. The molecule has 0 radical (unpaired) electrons. The molecule has 1 N–H and O–H groups in total. The van der Waals surface area contributed by atoms with Gasteiger partial charge in [-0.05, 0) is 26.9 Å². The summed E-state index contributed by atoms with van der Waals surface area (Å²) in [6, 6.07) is 0.700. The Morgan fingerprint density at radius 3 is 2.33 bits per heavy atom. The molecular formula is C12H27Cl2N3O. The lowest BCUT2D eigenvalue weighted by Gasteiger charge is -2.39. The van der Waals surface area contributed by atoms with Gasteiger partial charge in [0.25, 0.3) is 0 Å². The number of nitrogens with one attached hydrogen (secondary N) is 1. The highest BCUT2D eigenvalue weighted by Crippen LogP contribution is 2.09. The van der Waals surface area contributed by atoms with E-state index in [-0.39, 0.29) is 30.7 Å². The summed E-state index contributed by atoms with van der Waals surface area (Å²) in [7, 11) is 0. The Morgan fingerprint density at radius 2 is 1.83 bits per heavy atom. The maximum Gasteiger partial charge on any atom is 0.237 e. The zero-order valence-corrected chi connectivity index (χ0v) is 13.4. The van der Waals surface area contributed by atoms with Crippen molar-refractivity contribution in [2.45, 2.75) is 39.8 Å². The Labute approximate surface area is 123 Å². The minimum absolute atomic E-state index is 0. The van der Waals surface area contributed by atoms with Crippen LogP contribution in [0.4, 0.5) is 0 Å². The van der Waals surface area contributed by atoms with E-state index in [2.05, 4.69) is 37.9 Å². The number of likely N-dealkylation sites (N-methyl/N-ethyl adjacent to an activating group) is 1. The third-order valence-electron chi connectivity index (χ3n) is 3.61. The van der Waals surface area contributed by atoms with Crippen molar-refractivity contribution in [3.05, 3.63) is 0 Å². The summed E-state index contributed by atoms with van der Waals surface area (Å²) >= 11 is 0. The molecule has 0 saturated carbocycles. The van der Waals surface area contributed by atoms with Gasteiger partial charge >= 0.3 is 0 Å².